The van der Waals surface area contributed by atoms with Crippen molar-refractivity contribution in [3.05, 3.63) is 89.2 Å². The number of methoxy groups -OCH3 is 2. The van der Waals surface area contributed by atoms with Crippen LogP contribution in [0, 0.1) is 5.82 Å². The van der Waals surface area contributed by atoms with Crippen LogP contribution >= 0.6 is 0 Å². The summed E-state index contributed by atoms with van der Waals surface area (Å²) in [5.41, 5.74) is 2.84. The van der Waals surface area contributed by atoms with Crippen molar-refractivity contribution in [2.24, 2.45) is 0 Å². The van der Waals surface area contributed by atoms with Crippen molar-refractivity contribution >= 4 is 17.6 Å². The molecule has 1 atom stereocenters. The normalized spacial score (nSPS) is 14.6. The van der Waals surface area contributed by atoms with E-state index in [1.807, 2.05) is 42.5 Å². The summed E-state index contributed by atoms with van der Waals surface area (Å²) in [7, 11) is 3.12. The highest BCUT2D eigenvalue weighted by molar-refractivity contribution is 5.90. The third-order valence-electron chi connectivity index (χ3n) is 6.08. The SMILES string of the molecule is COc1cc2c(cc1OC)[C@H](CNC(=O)Cc1ccccc1)N(C(=O)Nc1ccccc1F)CC2. The molecular formula is C27H28FN3O4. The number of halogens is 1. The van der Waals surface area contributed by atoms with E-state index in [4.69, 9.17) is 9.47 Å². The number of hydrogen-bond donors (Lipinski definition) is 2. The Bertz CT molecular complexity index is 1200. The van der Waals surface area contributed by atoms with Crippen LogP contribution in [0.5, 0.6) is 11.5 Å². The van der Waals surface area contributed by atoms with Crippen LogP contribution in [0.25, 0.3) is 0 Å². The standard InChI is InChI=1S/C27H28FN3O4/c1-34-24-15-19-12-13-31(27(33)30-22-11-7-6-10-21(22)28)23(20(19)16-25(24)35-2)17-29-26(32)14-18-8-4-3-5-9-18/h3-11,15-16,23H,12-14,17H2,1-2H3,(H,29,32)(H,30,33)/t23-/m0/s1. The average molecular weight is 478 g/mol. The van der Waals surface area contributed by atoms with Gasteiger partial charge in [0.2, 0.25) is 5.91 Å². The number of ether oxygens (including phenoxy) is 2. The molecule has 0 saturated carbocycles. The summed E-state index contributed by atoms with van der Waals surface area (Å²) >= 11 is 0. The summed E-state index contributed by atoms with van der Waals surface area (Å²) in [5.74, 6) is 0.459. The largest absolute Gasteiger partial charge is 0.493 e. The maximum Gasteiger partial charge on any atom is 0.322 e. The molecular weight excluding hydrogens is 449 g/mol. The van der Waals surface area contributed by atoms with Crippen LogP contribution in [0.3, 0.4) is 0 Å². The zero-order chi connectivity index (χ0) is 24.8. The Morgan fingerprint density at radius 1 is 1.00 bits per heavy atom. The Balaban J connectivity index is 1.59. The van der Waals surface area contributed by atoms with E-state index in [1.165, 1.54) is 12.1 Å². The predicted molar refractivity (Wildman–Crippen MR) is 131 cm³/mol. The second-order valence-electron chi connectivity index (χ2n) is 8.24. The number of urea groups is 1. The lowest BCUT2D eigenvalue weighted by Crippen LogP contribution is -2.47. The number of amides is 3. The molecule has 3 aromatic carbocycles. The third kappa shape index (κ3) is 5.54. The predicted octanol–water partition coefficient (Wildman–Crippen LogP) is 4.33. The zero-order valence-corrected chi connectivity index (χ0v) is 19.7. The lowest BCUT2D eigenvalue weighted by molar-refractivity contribution is -0.120. The molecule has 1 heterocycles. The van der Waals surface area contributed by atoms with E-state index in [2.05, 4.69) is 10.6 Å². The maximum atomic E-state index is 14.2. The Morgan fingerprint density at radius 3 is 2.40 bits per heavy atom. The average Bonchev–Trinajstić information content (AvgIpc) is 2.88. The van der Waals surface area contributed by atoms with Gasteiger partial charge in [-0.3, -0.25) is 4.79 Å². The molecule has 1 aliphatic heterocycles. The molecule has 0 aromatic heterocycles. The molecule has 0 bridgehead atoms. The Hall–Kier alpha value is -4.07. The number of benzene rings is 3. The number of nitrogens with zero attached hydrogens (tertiary/aromatic N) is 1. The fourth-order valence-electron chi connectivity index (χ4n) is 4.30. The number of rotatable bonds is 7. The van der Waals surface area contributed by atoms with Crippen molar-refractivity contribution in [3.63, 3.8) is 0 Å². The van der Waals surface area contributed by atoms with Crippen LogP contribution in [-0.2, 0) is 17.6 Å². The van der Waals surface area contributed by atoms with E-state index in [1.54, 1.807) is 31.3 Å². The van der Waals surface area contributed by atoms with Crippen LogP contribution in [-0.4, -0.2) is 44.1 Å². The van der Waals surface area contributed by atoms with Crippen LogP contribution in [0.2, 0.25) is 0 Å². The molecule has 0 spiro atoms. The van der Waals surface area contributed by atoms with E-state index in [0.717, 1.165) is 16.7 Å². The molecule has 8 heteroatoms. The number of hydrogen-bond acceptors (Lipinski definition) is 4. The molecule has 3 aromatic rings. The minimum Gasteiger partial charge on any atom is -0.493 e. The number of fused-ring (bicyclic) bond motifs is 1. The van der Waals surface area contributed by atoms with Crippen molar-refractivity contribution in [2.45, 2.75) is 18.9 Å². The van der Waals surface area contributed by atoms with Crippen molar-refractivity contribution in [3.8, 4) is 11.5 Å². The van der Waals surface area contributed by atoms with Gasteiger partial charge in [-0.15, -0.1) is 0 Å². The van der Waals surface area contributed by atoms with Gasteiger partial charge in [0.1, 0.15) is 5.82 Å². The second kappa shape index (κ2) is 10.9. The quantitative estimate of drug-likeness (QED) is 0.531. The smallest absolute Gasteiger partial charge is 0.322 e. The highest BCUT2D eigenvalue weighted by Crippen LogP contribution is 2.38. The maximum absolute atomic E-state index is 14.2. The summed E-state index contributed by atoms with van der Waals surface area (Å²) in [6, 6.07) is 18.3. The topological polar surface area (TPSA) is 79.9 Å². The molecule has 7 nitrogen and oxygen atoms in total. The molecule has 4 rings (SSSR count). The minimum absolute atomic E-state index is 0.0995. The first-order valence-electron chi connectivity index (χ1n) is 11.4. The molecule has 3 amide bonds. The minimum atomic E-state index is -0.516. The van der Waals surface area contributed by atoms with Crippen LogP contribution in [0.15, 0.2) is 66.7 Å². The monoisotopic (exact) mass is 477 g/mol. The first kappa shape index (κ1) is 24.1. The van der Waals surface area contributed by atoms with E-state index in [-0.39, 0.29) is 24.6 Å². The van der Waals surface area contributed by atoms with Crippen molar-refractivity contribution in [1.82, 2.24) is 10.2 Å². The van der Waals surface area contributed by atoms with Gasteiger partial charge in [-0.25, -0.2) is 9.18 Å². The number of nitrogens with one attached hydrogen (secondary N) is 2. The molecule has 0 saturated heterocycles. The van der Waals surface area contributed by atoms with E-state index in [0.29, 0.717) is 24.5 Å². The fourth-order valence-corrected chi connectivity index (χ4v) is 4.30. The second-order valence-corrected chi connectivity index (χ2v) is 8.24. The van der Waals surface area contributed by atoms with Gasteiger partial charge in [0.25, 0.3) is 0 Å². The molecule has 0 aliphatic carbocycles. The Labute approximate surface area is 203 Å². The lowest BCUT2D eigenvalue weighted by Gasteiger charge is -2.38. The van der Waals surface area contributed by atoms with Crippen molar-refractivity contribution in [2.75, 3.05) is 32.6 Å². The summed E-state index contributed by atoms with van der Waals surface area (Å²) in [6.07, 6.45) is 0.808. The Kier molecular flexibility index (Phi) is 7.50. The molecule has 35 heavy (non-hydrogen) atoms. The van der Waals surface area contributed by atoms with Gasteiger partial charge in [0.05, 0.1) is 32.4 Å². The molecule has 1 aliphatic rings. The van der Waals surface area contributed by atoms with E-state index < -0.39 is 17.9 Å². The van der Waals surface area contributed by atoms with Crippen LogP contribution < -0.4 is 20.1 Å². The lowest BCUT2D eigenvalue weighted by atomic mass is 9.91. The van der Waals surface area contributed by atoms with Gasteiger partial charge in [-0.2, -0.15) is 0 Å². The number of para-hydroxylation sites is 1. The van der Waals surface area contributed by atoms with Gasteiger partial charge >= 0.3 is 6.03 Å². The molecule has 0 unspecified atom stereocenters. The third-order valence-corrected chi connectivity index (χ3v) is 6.08. The molecule has 2 N–H and O–H groups in total. The van der Waals surface area contributed by atoms with Crippen molar-refractivity contribution < 1.29 is 23.5 Å². The fraction of sp³-hybridized carbons (Fsp3) is 0.259. The van der Waals surface area contributed by atoms with Gasteiger partial charge in [-0.1, -0.05) is 42.5 Å². The van der Waals surface area contributed by atoms with Gasteiger partial charge < -0.3 is 25.0 Å². The molecule has 182 valence electrons. The van der Waals surface area contributed by atoms with E-state index >= 15 is 0 Å². The summed E-state index contributed by atoms with van der Waals surface area (Å²) in [4.78, 5) is 27.5. The van der Waals surface area contributed by atoms with Gasteiger partial charge in [0, 0.05) is 13.1 Å². The van der Waals surface area contributed by atoms with E-state index in [9.17, 15) is 14.0 Å². The number of carbonyl (C=O) groups excluding carboxylic acids is 2. The number of carbonyl (C=O) groups is 2. The number of anilines is 1. The van der Waals surface area contributed by atoms with Gasteiger partial charge in [-0.05, 0) is 47.4 Å². The Morgan fingerprint density at radius 2 is 1.69 bits per heavy atom. The first-order chi connectivity index (χ1) is 17.0. The first-order valence-corrected chi connectivity index (χ1v) is 11.4. The summed E-state index contributed by atoms with van der Waals surface area (Å²) in [6.45, 7) is 0.584. The molecule has 0 radical (unpaired) electrons. The van der Waals surface area contributed by atoms with Crippen molar-refractivity contribution in [1.29, 1.82) is 0 Å². The van der Waals surface area contributed by atoms with Crippen LogP contribution in [0.4, 0.5) is 14.9 Å². The molecule has 0 fully saturated rings. The summed E-state index contributed by atoms with van der Waals surface area (Å²) in [5, 5.41) is 5.62. The zero-order valence-electron chi connectivity index (χ0n) is 19.7. The van der Waals surface area contributed by atoms with Gasteiger partial charge in [0.15, 0.2) is 11.5 Å². The summed E-state index contributed by atoms with van der Waals surface area (Å²) < 4.78 is 25.1. The highest BCUT2D eigenvalue weighted by Gasteiger charge is 2.33. The highest BCUT2D eigenvalue weighted by atomic mass is 19.1. The van der Waals surface area contributed by atoms with Crippen LogP contribution in [0.1, 0.15) is 22.7 Å².